The highest BCUT2D eigenvalue weighted by atomic mass is 16.5. The molecule has 2 amide bonds. The molecule has 0 aromatic carbocycles. The molecule has 0 aliphatic carbocycles. The number of ether oxygens (including phenoxy) is 2. The summed E-state index contributed by atoms with van der Waals surface area (Å²) in [7, 11) is 0. The molecule has 2 aliphatic heterocycles. The quantitative estimate of drug-likeness (QED) is 0.495. The largest absolute Gasteiger partial charge is 0.465 e. The van der Waals surface area contributed by atoms with E-state index in [-0.39, 0.29) is 32.7 Å². The van der Waals surface area contributed by atoms with Crippen LogP contribution in [0.2, 0.25) is 0 Å². The molecule has 2 aliphatic rings. The fourth-order valence-electron chi connectivity index (χ4n) is 2.77. The van der Waals surface area contributed by atoms with Gasteiger partial charge in [-0.2, -0.15) is 0 Å². The Kier molecular flexibility index (Phi) is 3.89. The molecule has 2 fully saturated rings. The van der Waals surface area contributed by atoms with E-state index >= 15 is 0 Å². The fourth-order valence-corrected chi connectivity index (χ4v) is 2.77. The fraction of sp³-hybridized carbons (Fsp3) is 0.692. The average Bonchev–Trinajstić information content (AvgIpc) is 2.46. The van der Waals surface area contributed by atoms with E-state index in [9.17, 15) is 19.2 Å². The van der Waals surface area contributed by atoms with Crippen molar-refractivity contribution in [3.63, 3.8) is 0 Å². The van der Waals surface area contributed by atoms with Gasteiger partial charge in [0, 0.05) is 19.5 Å². The second-order valence-electron chi connectivity index (χ2n) is 5.15. The number of hydrogen-bond donors (Lipinski definition) is 2. The minimum atomic E-state index is -1.57. The van der Waals surface area contributed by atoms with Crippen molar-refractivity contribution in [1.82, 2.24) is 10.6 Å². The van der Waals surface area contributed by atoms with Crippen LogP contribution < -0.4 is 10.6 Å². The lowest BCUT2D eigenvalue weighted by atomic mass is 9.64. The van der Waals surface area contributed by atoms with Gasteiger partial charge in [0.2, 0.25) is 11.8 Å². The van der Waals surface area contributed by atoms with Gasteiger partial charge in [-0.05, 0) is 13.8 Å². The number of nitrogens with one attached hydrogen (secondary N) is 2. The summed E-state index contributed by atoms with van der Waals surface area (Å²) in [5.41, 5.74) is -3.15. The minimum Gasteiger partial charge on any atom is -0.465 e. The molecule has 2 N–H and O–H groups in total. The van der Waals surface area contributed by atoms with Crippen LogP contribution in [0.5, 0.6) is 0 Å². The van der Waals surface area contributed by atoms with Gasteiger partial charge < -0.3 is 20.1 Å². The summed E-state index contributed by atoms with van der Waals surface area (Å²) in [5.74, 6) is -2.56. The molecule has 2 atom stereocenters. The van der Waals surface area contributed by atoms with Gasteiger partial charge in [-0.3, -0.25) is 19.2 Å². The highest BCUT2D eigenvalue weighted by Crippen LogP contribution is 2.43. The molecule has 2 rings (SSSR count). The van der Waals surface area contributed by atoms with Crippen LogP contribution in [0.3, 0.4) is 0 Å². The Morgan fingerprint density at radius 1 is 0.952 bits per heavy atom. The smallest absolute Gasteiger partial charge is 0.323 e. The van der Waals surface area contributed by atoms with E-state index < -0.39 is 34.6 Å². The Balaban J connectivity index is 2.40. The topological polar surface area (TPSA) is 111 Å². The van der Waals surface area contributed by atoms with Gasteiger partial charge in [-0.1, -0.05) is 0 Å². The molecular weight excluding hydrogens is 280 g/mol. The van der Waals surface area contributed by atoms with Gasteiger partial charge >= 0.3 is 11.9 Å². The first-order chi connectivity index (χ1) is 9.93. The molecule has 2 heterocycles. The molecule has 0 spiro atoms. The summed E-state index contributed by atoms with van der Waals surface area (Å²) < 4.78 is 9.89. The summed E-state index contributed by atoms with van der Waals surface area (Å²) >= 11 is 0. The molecule has 116 valence electrons. The number of esters is 2. The van der Waals surface area contributed by atoms with E-state index in [4.69, 9.17) is 9.47 Å². The zero-order valence-electron chi connectivity index (χ0n) is 12.0. The molecule has 0 aromatic heterocycles. The van der Waals surface area contributed by atoms with Gasteiger partial charge in [-0.25, -0.2) is 0 Å². The second kappa shape index (κ2) is 5.34. The lowest BCUT2D eigenvalue weighted by Gasteiger charge is -2.46. The molecule has 8 nitrogen and oxygen atoms in total. The van der Waals surface area contributed by atoms with Crippen LogP contribution in [0.4, 0.5) is 0 Å². The van der Waals surface area contributed by atoms with Crippen LogP contribution >= 0.6 is 0 Å². The molecule has 8 heteroatoms. The van der Waals surface area contributed by atoms with E-state index in [0.717, 1.165) is 0 Å². The Morgan fingerprint density at radius 3 is 1.67 bits per heavy atom. The van der Waals surface area contributed by atoms with Crippen LogP contribution in [-0.2, 0) is 28.7 Å². The van der Waals surface area contributed by atoms with Crippen molar-refractivity contribution >= 4 is 23.8 Å². The van der Waals surface area contributed by atoms with Crippen LogP contribution in [0.25, 0.3) is 0 Å². The van der Waals surface area contributed by atoms with Crippen molar-refractivity contribution in [3.8, 4) is 0 Å². The molecule has 2 bridgehead atoms. The maximum absolute atomic E-state index is 12.2. The highest BCUT2D eigenvalue weighted by Gasteiger charge is 2.65. The number of fused-ring (bicyclic) bond motifs is 2. The van der Waals surface area contributed by atoms with Crippen molar-refractivity contribution in [3.05, 3.63) is 0 Å². The van der Waals surface area contributed by atoms with Crippen molar-refractivity contribution < 1.29 is 28.7 Å². The van der Waals surface area contributed by atoms with Gasteiger partial charge in [0.1, 0.15) is 0 Å². The van der Waals surface area contributed by atoms with Crippen LogP contribution in [0.1, 0.15) is 20.3 Å². The van der Waals surface area contributed by atoms with Gasteiger partial charge in [0.15, 0.2) is 10.8 Å². The molecule has 21 heavy (non-hydrogen) atoms. The zero-order valence-corrected chi connectivity index (χ0v) is 12.0. The zero-order chi connectivity index (χ0) is 15.7. The van der Waals surface area contributed by atoms with Crippen LogP contribution in [0.15, 0.2) is 0 Å². The van der Waals surface area contributed by atoms with E-state index in [1.54, 1.807) is 13.8 Å². The summed E-state index contributed by atoms with van der Waals surface area (Å²) in [5, 5.41) is 4.95. The van der Waals surface area contributed by atoms with E-state index in [2.05, 4.69) is 10.6 Å². The maximum Gasteiger partial charge on any atom is 0.323 e. The summed E-state index contributed by atoms with van der Waals surface area (Å²) in [6.07, 6.45) is -0.227. The number of hydrogen-bond acceptors (Lipinski definition) is 6. The standard InChI is InChI=1S/C13H18N2O6/c1-3-20-10(18)12-5-13(7-15-8(12)16,9(17)14-6-12)11(19)21-4-2/h3-7H2,1-2H3,(H,14,17)(H,15,16)/t12-,13-/m0/s1. The average molecular weight is 298 g/mol. The van der Waals surface area contributed by atoms with Gasteiger partial charge in [0.05, 0.1) is 13.2 Å². The van der Waals surface area contributed by atoms with Crippen molar-refractivity contribution in [2.24, 2.45) is 10.8 Å². The second-order valence-corrected chi connectivity index (χ2v) is 5.15. The number of carbonyl (C=O) groups is 4. The van der Waals surface area contributed by atoms with Crippen LogP contribution in [-0.4, -0.2) is 50.1 Å². The SMILES string of the molecule is CCOC(=O)[C@@]12CNC(=O)[C@@](C(=O)OCC)(CNC1=O)C2. The third kappa shape index (κ3) is 2.14. The molecule has 0 unspecified atom stereocenters. The van der Waals surface area contributed by atoms with Crippen LogP contribution in [0, 0.1) is 10.8 Å². The summed E-state index contributed by atoms with van der Waals surface area (Å²) in [4.78, 5) is 48.7. The predicted molar refractivity (Wildman–Crippen MR) is 68.8 cm³/mol. The number of rotatable bonds is 4. The summed E-state index contributed by atoms with van der Waals surface area (Å²) in [6.45, 7) is 3.09. The van der Waals surface area contributed by atoms with E-state index in [0.29, 0.717) is 0 Å². The van der Waals surface area contributed by atoms with Gasteiger partial charge in [-0.15, -0.1) is 0 Å². The third-order valence-corrected chi connectivity index (χ3v) is 3.91. The third-order valence-electron chi connectivity index (χ3n) is 3.91. The van der Waals surface area contributed by atoms with Crippen molar-refractivity contribution in [1.29, 1.82) is 0 Å². The van der Waals surface area contributed by atoms with Crippen molar-refractivity contribution in [2.75, 3.05) is 26.3 Å². The van der Waals surface area contributed by atoms with Gasteiger partial charge in [0.25, 0.3) is 0 Å². The Morgan fingerprint density at radius 2 is 1.33 bits per heavy atom. The first-order valence-corrected chi connectivity index (χ1v) is 6.84. The first-order valence-electron chi connectivity index (χ1n) is 6.84. The molecule has 0 radical (unpaired) electrons. The maximum atomic E-state index is 12.2. The summed E-state index contributed by atoms with van der Waals surface area (Å²) in [6, 6.07) is 0. The number of piperidine rings is 2. The van der Waals surface area contributed by atoms with E-state index in [1.165, 1.54) is 0 Å². The molecule has 0 aromatic rings. The number of carbonyl (C=O) groups excluding carboxylic acids is 4. The Hall–Kier alpha value is -2.12. The molecule has 0 saturated carbocycles. The molecular formula is C13H18N2O6. The monoisotopic (exact) mass is 298 g/mol. The minimum absolute atomic E-state index is 0.105. The highest BCUT2D eigenvalue weighted by molar-refractivity contribution is 6.12. The lowest BCUT2D eigenvalue weighted by Crippen LogP contribution is -2.71. The van der Waals surface area contributed by atoms with Crippen molar-refractivity contribution in [2.45, 2.75) is 20.3 Å². The van der Waals surface area contributed by atoms with E-state index in [1.807, 2.05) is 0 Å². The predicted octanol–water partition coefficient (Wildman–Crippen LogP) is -1.26. The Bertz CT molecular complexity index is 461. The normalized spacial score (nSPS) is 31.0. The lowest BCUT2D eigenvalue weighted by molar-refractivity contribution is -0.179. The number of amides is 2. The Labute approximate surface area is 121 Å². The first kappa shape index (κ1) is 15.3. The molecule has 2 saturated heterocycles.